The average Bonchev–Trinajstić information content (AvgIpc) is 3.54. The van der Waals surface area contributed by atoms with Crippen LogP contribution in [-0.2, 0) is 20.4 Å². The van der Waals surface area contributed by atoms with E-state index in [1.807, 2.05) is 0 Å². The Morgan fingerprint density at radius 2 is 2.00 bits per heavy atom. The van der Waals surface area contributed by atoms with Crippen LogP contribution in [0.15, 0.2) is 24.3 Å². The third-order valence-electron chi connectivity index (χ3n) is 7.68. The Labute approximate surface area is 166 Å². The van der Waals surface area contributed by atoms with E-state index in [0.29, 0.717) is 17.9 Å². The second kappa shape index (κ2) is 6.23. The van der Waals surface area contributed by atoms with Gasteiger partial charge in [0.15, 0.2) is 0 Å². The highest BCUT2D eigenvalue weighted by Gasteiger charge is 2.62. The molecule has 1 heterocycles. The molecule has 1 saturated heterocycles. The number of benzene rings is 1. The van der Waals surface area contributed by atoms with Crippen molar-refractivity contribution in [2.75, 3.05) is 19.7 Å². The highest BCUT2D eigenvalue weighted by molar-refractivity contribution is 5.81. The third kappa shape index (κ3) is 2.90. The molecule has 4 fully saturated rings. The van der Waals surface area contributed by atoms with Gasteiger partial charge in [-0.25, -0.2) is 4.79 Å². The molecule has 0 radical (unpaired) electrons. The first-order chi connectivity index (χ1) is 13.4. The fourth-order valence-corrected chi connectivity index (χ4v) is 5.31. The molecule has 0 bridgehead atoms. The molecule has 2 unspecified atom stereocenters. The van der Waals surface area contributed by atoms with E-state index in [1.165, 1.54) is 30.4 Å². The lowest BCUT2D eigenvalue weighted by atomic mass is 9.79. The van der Waals surface area contributed by atoms with Gasteiger partial charge in [-0.2, -0.15) is 0 Å². The van der Waals surface area contributed by atoms with Gasteiger partial charge in [0.1, 0.15) is 0 Å². The zero-order valence-electron chi connectivity index (χ0n) is 16.9. The first kappa shape index (κ1) is 18.0. The first-order valence-corrected chi connectivity index (χ1v) is 10.8. The monoisotopic (exact) mass is 382 g/mol. The van der Waals surface area contributed by atoms with Crippen LogP contribution < -0.4 is 5.32 Å². The SMILES string of the molecule is CCOC(=O)N[C@H]1C[C@@H](C(=O)N2CC3CC3(c3cccc(C4(C)CC4)c3)C2)C1. The van der Waals surface area contributed by atoms with E-state index < -0.39 is 0 Å². The molecular formula is C23H30N2O3. The Morgan fingerprint density at radius 1 is 1.25 bits per heavy atom. The van der Waals surface area contributed by atoms with E-state index in [0.717, 1.165) is 25.9 Å². The number of likely N-dealkylation sites (tertiary alicyclic amines) is 1. The van der Waals surface area contributed by atoms with Gasteiger partial charge < -0.3 is 15.0 Å². The van der Waals surface area contributed by atoms with Gasteiger partial charge in [0.2, 0.25) is 5.91 Å². The van der Waals surface area contributed by atoms with Crippen molar-refractivity contribution in [2.24, 2.45) is 11.8 Å². The Balaban J connectivity index is 1.19. The molecule has 0 aromatic heterocycles. The fourth-order valence-electron chi connectivity index (χ4n) is 5.31. The number of nitrogens with one attached hydrogen (secondary N) is 1. The van der Waals surface area contributed by atoms with Crippen molar-refractivity contribution < 1.29 is 14.3 Å². The minimum atomic E-state index is -0.371. The molecule has 1 N–H and O–H groups in total. The summed E-state index contributed by atoms with van der Waals surface area (Å²) in [5.74, 6) is 0.948. The molecular weight excluding hydrogens is 352 g/mol. The third-order valence-corrected chi connectivity index (χ3v) is 7.68. The smallest absolute Gasteiger partial charge is 0.407 e. The van der Waals surface area contributed by atoms with E-state index in [4.69, 9.17) is 4.74 Å². The second-order valence-corrected chi connectivity index (χ2v) is 9.65. The lowest BCUT2D eigenvalue weighted by Crippen LogP contribution is -2.50. The van der Waals surface area contributed by atoms with Crippen molar-refractivity contribution in [1.29, 1.82) is 0 Å². The minimum Gasteiger partial charge on any atom is -0.450 e. The molecule has 1 aromatic carbocycles. The standard InChI is InChI=1S/C23H30N2O3/c1-3-28-21(27)24-19-9-15(10-19)20(26)25-13-18-12-23(18,14-25)17-6-4-5-16(11-17)22(2)7-8-22/h4-6,11,15,18-19H,3,7-10,12-14H2,1-2H3,(H,24,27)/t15-,18?,19+,23?. The van der Waals surface area contributed by atoms with Crippen LogP contribution in [-0.4, -0.2) is 42.6 Å². The number of rotatable bonds is 5. The van der Waals surface area contributed by atoms with Gasteiger partial charge in [0, 0.05) is 30.5 Å². The van der Waals surface area contributed by atoms with Gasteiger partial charge in [-0.05, 0) is 61.5 Å². The molecule has 0 spiro atoms. The molecule has 2 atom stereocenters. The van der Waals surface area contributed by atoms with Gasteiger partial charge in [-0.15, -0.1) is 0 Å². The van der Waals surface area contributed by atoms with Crippen LogP contribution >= 0.6 is 0 Å². The van der Waals surface area contributed by atoms with E-state index in [9.17, 15) is 9.59 Å². The summed E-state index contributed by atoms with van der Waals surface area (Å²) in [6.07, 6.45) is 4.90. The van der Waals surface area contributed by atoms with Gasteiger partial charge >= 0.3 is 6.09 Å². The van der Waals surface area contributed by atoms with E-state index in [1.54, 1.807) is 6.92 Å². The summed E-state index contributed by atoms with van der Waals surface area (Å²) in [4.78, 5) is 26.5. The maximum atomic E-state index is 12.9. The molecule has 4 aliphatic rings. The van der Waals surface area contributed by atoms with Crippen molar-refractivity contribution in [3.63, 3.8) is 0 Å². The number of ether oxygens (including phenoxy) is 1. The number of hydrogen-bond donors (Lipinski definition) is 1. The molecule has 5 heteroatoms. The maximum Gasteiger partial charge on any atom is 0.407 e. The van der Waals surface area contributed by atoms with Gasteiger partial charge in [-0.1, -0.05) is 31.2 Å². The van der Waals surface area contributed by atoms with Crippen LogP contribution in [0, 0.1) is 11.8 Å². The van der Waals surface area contributed by atoms with Crippen molar-refractivity contribution in [3.05, 3.63) is 35.4 Å². The number of piperidine rings is 1. The number of amides is 2. The molecule has 1 aliphatic heterocycles. The Hall–Kier alpha value is -2.04. The average molecular weight is 383 g/mol. The Bertz CT molecular complexity index is 812. The van der Waals surface area contributed by atoms with Gasteiger partial charge in [0.25, 0.3) is 0 Å². The molecule has 3 aliphatic carbocycles. The number of fused-ring (bicyclic) bond motifs is 1. The Morgan fingerprint density at radius 3 is 2.71 bits per heavy atom. The summed E-state index contributed by atoms with van der Waals surface area (Å²) in [5.41, 5.74) is 3.50. The summed E-state index contributed by atoms with van der Waals surface area (Å²) in [6.45, 7) is 6.28. The van der Waals surface area contributed by atoms with Crippen LogP contribution in [0.1, 0.15) is 57.1 Å². The number of carbonyl (C=O) groups is 2. The number of alkyl carbamates (subject to hydrolysis) is 1. The molecule has 1 aromatic rings. The largest absolute Gasteiger partial charge is 0.450 e. The Kier molecular flexibility index (Phi) is 4.01. The molecule has 5 rings (SSSR count). The number of carbonyl (C=O) groups excluding carboxylic acids is 2. The summed E-state index contributed by atoms with van der Waals surface area (Å²) in [6, 6.07) is 9.25. The quantitative estimate of drug-likeness (QED) is 0.849. The maximum absolute atomic E-state index is 12.9. The first-order valence-electron chi connectivity index (χ1n) is 10.8. The number of hydrogen-bond acceptors (Lipinski definition) is 3. The van der Waals surface area contributed by atoms with E-state index >= 15 is 0 Å². The fraction of sp³-hybridized carbons (Fsp3) is 0.652. The topological polar surface area (TPSA) is 58.6 Å². The molecule has 28 heavy (non-hydrogen) atoms. The molecule has 2 amide bonds. The highest BCUT2D eigenvalue weighted by Crippen LogP contribution is 2.60. The second-order valence-electron chi connectivity index (χ2n) is 9.65. The zero-order valence-corrected chi connectivity index (χ0v) is 16.9. The molecule has 5 nitrogen and oxygen atoms in total. The van der Waals surface area contributed by atoms with E-state index in [-0.39, 0.29) is 29.4 Å². The predicted octanol–water partition coefficient (Wildman–Crippen LogP) is 3.36. The van der Waals surface area contributed by atoms with Crippen LogP contribution in [0.5, 0.6) is 0 Å². The summed E-state index contributed by atoms with van der Waals surface area (Å²) >= 11 is 0. The number of nitrogens with zero attached hydrogens (tertiary/aromatic N) is 1. The van der Waals surface area contributed by atoms with E-state index in [2.05, 4.69) is 41.4 Å². The predicted molar refractivity (Wildman–Crippen MR) is 106 cm³/mol. The van der Waals surface area contributed by atoms with Crippen LogP contribution in [0.25, 0.3) is 0 Å². The lowest BCUT2D eigenvalue weighted by Gasteiger charge is -2.37. The zero-order chi connectivity index (χ0) is 19.5. The highest BCUT2D eigenvalue weighted by atomic mass is 16.5. The van der Waals surface area contributed by atoms with Crippen LogP contribution in [0.4, 0.5) is 4.79 Å². The lowest BCUT2D eigenvalue weighted by molar-refractivity contribution is -0.138. The van der Waals surface area contributed by atoms with Crippen LogP contribution in [0.2, 0.25) is 0 Å². The van der Waals surface area contributed by atoms with Gasteiger partial charge in [0.05, 0.1) is 6.61 Å². The van der Waals surface area contributed by atoms with Crippen LogP contribution in [0.3, 0.4) is 0 Å². The van der Waals surface area contributed by atoms with Crippen molar-refractivity contribution >= 4 is 12.0 Å². The van der Waals surface area contributed by atoms with Gasteiger partial charge in [-0.3, -0.25) is 4.79 Å². The van der Waals surface area contributed by atoms with Crippen molar-refractivity contribution in [2.45, 2.75) is 62.8 Å². The summed E-state index contributed by atoms with van der Waals surface area (Å²) in [5, 5.41) is 2.84. The normalized spacial score (nSPS) is 34.2. The molecule has 3 saturated carbocycles. The summed E-state index contributed by atoms with van der Waals surface area (Å²) in [7, 11) is 0. The van der Waals surface area contributed by atoms with Crippen molar-refractivity contribution in [3.8, 4) is 0 Å². The molecule has 150 valence electrons. The minimum absolute atomic E-state index is 0.0539. The summed E-state index contributed by atoms with van der Waals surface area (Å²) < 4.78 is 4.92. The van der Waals surface area contributed by atoms with Crippen molar-refractivity contribution in [1.82, 2.24) is 10.2 Å².